The molecule has 0 fully saturated rings. The molecule has 1 aromatic rings. The fraction of sp³-hybridized carbons (Fsp3) is 0.545. The van der Waals surface area contributed by atoms with E-state index in [-0.39, 0.29) is 5.78 Å². The number of fused-ring (bicyclic) bond motifs is 1. The van der Waals surface area contributed by atoms with Crippen LogP contribution in [0.4, 0.5) is 0 Å². The number of Topliss-reactive ketones (excluding diaryl/α,β-unsaturated/α-hetero) is 1. The highest BCUT2D eigenvalue weighted by atomic mass is 16.1. The van der Waals surface area contributed by atoms with Crippen molar-refractivity contribution >= 4 is 5.78 Å². The van der Waals surface area contributed by atoms with Crippen LogP contribution in [0.5, 0.6) is 0 Å². The van der Waals surface area contributed by atoms with E-state index in [1.807, 2.05) is 0 Å². The quantitative estimate of drug-likeness (QED) is 0.708. The molecule has 2 rings (SSSR count). The summed E-state index contributed by atoms with van der Waals surface area (Å²) < 4.78 is 2.27. The van der Waals surface area contributed by atoms with Gasteiger partial charge in [0.25, 0.3) is 0 Å². The van der Waals surface area contributed by atoms with Gasteiger partial charge < -0.3 is 4.57 Å². The van der Waals surface area contributed by atoms with Gasteiger partial charge >= 0.3 is 0 Å². The summed E-state index contributed by atoms with van der Waals surface area (Å²) in [5, 5.41) is 0. The van der Waals surface area contributed by atoms with Crippen molar-refractivity contribution in [2.75, 3.05) is 13.1 Å². The summed E-state index contributed by atoms with van der Waals surface area (Å²) in [5.41, 5.74) is 1.32. The molecule has 1 aromatic heterocycles. The highest BCUT2D eigenvalue weighted by Gasteiger charge is 2.23. The van der Waals surface area contributed by atoms with Crippen molar-refractivity contribution in [1.29, 1.82) is 0 Å². The Morgan fingerprint density at radius 2 is 2.36 bits per heavy atom. The summed E-state index contributed by atoms with van der Waals surface area (Å²) in [7, 11) is 0. The predicted molar refractivity (Wildman–Crippen MR) is 55.1 cm³/mol. The van der Waals surface area contributed by atoms with Crippen LogP contribution in [0, 0.1) is 0 Å². The number of hydrogen-bond donors (Lipinski definition) is 0. The zero-order valence-electron chi connectivity index (χ0n) is 8.73. The molecule has 1 atom stereocenters. The second-order valence-corrected chi connectivity index (χ2v) is 3.97. The molecule has 0 spiro atoms. The number of carbonyl (C=O) groups excluding carboxylic acids is 1. The summed E-state index contributed by atoms with van der Waals surface area (Å²) in [6, 6.07) is 4.57. The van der Waals surface area contributed by atoms with E-state index in [1.54, 1.807) is 6.92 Å². The van der Waals surface area contributed by atoms with Crippen LogP contribution in [0.15, 0.2) is 18.3 Å². The average molecular weight is 192 g/mol. The van der Waals surface area contributed by atoms with Gasteiger partial charge in [0, 0.05) is 31.0 Å². The smallest absolute Gasteiger partial charge is 0.143 e. The van der Waals surface area contributed by atoms with Crippen LogP contribution >= 0.6 is 0 Å². The molecule has 1 unspecified atom stereocenters. The SMILES string of the molecule is CC(=O)CN1CCn2cccc2C1C. The molecule has 0 aliphatic carbocycles. The van der Waals surface area contributed by atoms with Crippen LogP contribution in [-0.4, -0.2) is 28.3 Å². The Morgan fingerprint density at radius 1 is 1.57 bits per heavy atom. The van der Waals surface area contributed by atoms with Gasteiger partial charge in [-0.3, -0.25) is 9.69 Å². The van der Waals surface area contributed by atoms with Crippen LogP contribution in [0.25, 0.3) is 0 Å². The molecule has 0 radical (unpaired) electrons. The Hall–Kier alpha value is -1.09. The molecule has 0 saturated heterocycles. The number of carbonyl (C=O) groups is 1. The molecular weight excluding hydrogens is 176 g/mol. The number of ketones is 1. The maximum atomic E-state index is 11.1. The maximum Gasteiger partial charge on any atom is 0.143 e. The zero-order chi connectivity index (χ0) is 10.1. The highest BCUT2D eigenvalue weighted by Crippen LogP contribution is 2.24. The minimum atomic E-state index is 0.247. The third-order valence-corrected chi connectivity index (χ3v) is 2.89. The topological polar surface area (TPSA) is 25.2 Å². The second-order valence-electron chi connectivity index (χ2n) is 3.97. The molecule has 0 bridgehead atoms. The van der Waals surface area contributed by atoms with Crippen LogP contribution < -0.4 is 0 Å². The Morgan fingerprint density at radius 3 is 3.07 bits per heavy atom. The van der Waals surface area contributed by atoms with E-state index in [4.69, 9.17) is 0 Å². The molecule has 0 N–H and O–H groups in total. The monoisotopic (exact) mass is 192 g/mol. The lowest BCUT2D eigenvalue weighted by molar-refractivity contribution is -0.118. The molecule has 76 valence electrons. The number of aromatic nitrogens is 1. The molecule has 0 amide bonds. The first kappa shape index (κ1) is 9.46. The number of hydrogen-bond acceptors (Lipinski definition) is 2. The number of nitrogens with zero attached hydrogens (tertiary/aromatic N) is 2. The fourth-order valence-electron chi connectivity index (χ4n) is 2.13. The summed E-state index contributed by atoms with van der Waals surface area (Å²) in [4.78, 5) is 13.3. The maximum absolute atomic E-state index is 11.1. The van der Waals surface area contributed by atoms with Crippen molar-refractivity contribution in [2.24, 2.45) is 0 Å². The van der Waals surface area contributed by atoms with Gasteiger partial charge in [0.05, 0.1) is 6.54 Å². The molecule has 3 nitrogen and oxygen atoms in total. The van der Waals surface area contributed by atoms with E-state index >= 15 is 0 Å². The van der Waals surface area contributed by atoms with Crippen molar-refractivity contribution in [3.63, 3.8) is 0 Å². The molecule has 2 heterocycles. The molecule has 0 aromatic carbocycles. The third kappa shape index (κ3) is 1.60. The molecule has 14 heavy (non-hydrogen) atoms. The lowest BCUT2D eigenvalue weighted by atomic mass is 10.1. The molecule has 1 aliphatic rings. The molecule has 0 saturated carbocycles. The van der Waals surface area contributed by atoms with Gasteiger partial charge in [-0.15, -0.1) is 0 Å². The average Bonchev–Trinajstić information content (AvgIpc) is 2.57. The Bertz CT molecular complexity index is 343. The molecule has 1 aliphatic heterocycles. The van der Waals surface area contributed by atoms with Crippen LogP contribution in [0.2, 0.25) is 0 Å². The summed E-state index contributed by atoms with van der Waals surface area (Å²) in [6.07, 6.45) is 2.11. The summed E-state index contributed by atoms with van der Waals surface area (Å²) in [6.45, 7) is 6.36. The van der Waals surface area contributed by atoms with E-state index < -0.39 is 0 Å². The van der Waals surface area contributed by atoms with Crippen LogP contribution in [0.3, 0.4) is 0 Å². The van der Waals surface area contributed by atoms with E-state index in [1.165, 1.54) is 5.69 Å². The van der Waals surface area contributed by atoms with Gasteiger partial charge in [-0.05, 0) is 26.0 Å². The van der Waals surface area contributed by atoms with Crippen LogP contribution in [-0.2, 0) is 11.3 Å². The van der Waals surface area contributed by atoms with E-state index in [9.17, 15) is 4.79 Å². The van der Waals surface area contributed by atoms with Crippen molar-refractivity contribution in [3.05, 3.63) is 24.0 Å². The third-order valence-electron chi connectivity index (χ3n) is 2.89. The van der Waals surface area contributed by atoms with Crippen molar-refractivity contribution in [1.82, 2.24) is 9.47 Å². The number of rotatable bonds is 2. The Balaban J connectivity index is 2.16. The first-order chi connectivity index (χ1) is 6.68. The predicted octanol–water partition coefficient (Wildman–Crippen LogP) is 1.45. The Kier molecular flexibility index (Phi) is 2.42. The summed E-state index contributed by atoms with van der Waals surface area (Å²) >= 11 is 0. The van der Waals surface area contributed by atoms with E-state index in [0.29, 0.717) is 12.6 Å². The lowest BCUT2D eigenvalue weighted by Gasteiger charge is -2.34. The van der Waals surface area contributed by atoms with Gasteiger partial charge in [-0.2, -0.15) is 0 Å². The van der Waals surface area contributed by atoms with Gasteiger partial charge in [0.1, 0.15) is 5.78 Å². The highest BCUT2D eigenvalue weighted by molar-refractivity contribution is 5.77. The minimum Gasteiger partial charge on any atom is -0.349 e. The van der Waals surface area contributed by atoms with Crippen molar-refractivity contribution < 1.29 is 4.79 Å². The molecular formula is C11H16N2O. The van der Waals surface area contributed by atoms with Gasteiger partial charge in [0.15, 0.2) is 0 Å². The largest absolute Gasteiger partial charge is 0.349 e. The van der Waals surface area contributed by atoms with Gasteiger partial charge in [0.2, 0.25) is 0 Å². The zero-order valence-corrected chi connectivity index (χ0v) is 8.73. The van der Waals surface area contributed by atoms with Gasteiger partial charge in [-0.1, -0.05) is 0 Å². The first-order valence-electron chi connectivity index (χ1n) is 5.07. The minimum absolute atomic E-state index is 0.247. The first-order valence-corrected chi connectivity index (χ1v) is 5.07. The van der Waals surface area contributed by atoms with Crippen LogP contribution in [0.1, 0.15) is 25.6 Å². The van der Waals surface area contributed by atoms with Crippen molar-refractivity contribution in [3.8, 4) is 0 Å². The second kappa shape index (κ2) is 3.58. The van der Waals surface area contributed by atoms with Gasteiger partial charge in [-0.25, -0.2) is 0 Å². The lowest BCUT2D eigenvalue weighted by Crippen LogP contribution is -2.39. The molecule has 3 heteroatoms. The fourth-order valence-corrected chi connectivity index (χ4v) is 2.13. The Labute approximate surface area is 84.3 Å². The van der Waals surface area contributed by atoms with Crippen molar-refractivity contribution in [2.45, 2.75) is 26.4 Å². The standard InChI is InChI=1S/C11H16N2O/c1-9(14)8-13-7-6-12-5-3-4-11(12)10(13)2/h3-5,10H,6-8H2,1-2H3. The van der Waals surface area contributed by atoms with E-state index in [0.717, 1.165) is 13.1 Å². The summed E-state index contributed by atoms with van der Waals surface area (Å²) in [5.74, 6) is 0.247. The normalized spacial score (nSPS) is 22.0. The van der Waals surface area contributed by atoms with E-state index in [2.05, 4.69) is 34.7 Å².